The van der Waals surface area contributed by atoms with Crippen molar-refractivity contribution in [3.63, 3.8) is 0 Å². The molecule has 0 saturated carbocycles. The molecule has 1 aromatic rings. The van der Waals surface area contributed by atoms with E-state index in [1.54, 1.807) is 0 Å². The number of furan rings is 1. The molecule has 120 valence electrons. The molecule has 1 fully saturated rings. The van der Waals surface area contributed by atoms with E-state index >= 15 is 0 Å². The summed E-state index contributed by atoms with van der Waals surface area (Å²) in [6, 6.07) is 1.46. The number of halogens is 1. The van der Waals surface area contributed by atoms with Crippen LogP contribution in [0.3, 0.4) is 0 Å². The summed E-state index contributed by atoms with van der Waals surface area (Å²) >= 11 is 3.12. The zero-order valence-electron chi connectivity index (χ0n) is 12.1. The van der Waals surface area contributed by atoms with Crippen molar-refractivity contribution in [2.75, 3.05) is 26.2 Å². The smallest absolute Gasteiger partial charge is 0.244 e. The molecule has 0 bridgehead atoms. The van der Waals surface area contributed by atoms with Crippen LogP contribution in [-0.2, 0) is 16.6 Å². The average molecular weight is 380 g/mol. The van der Waals surface area contributed by atoms with Crippen molar-refractivity contribution < 1.29 is 12.8 Å². The average Bonchev–Trinajstić information content (AvgIpc) is 3.06. The third-order valence-electron chi connectivity index (χ3n) is 3.59. The molecule has 1 aromatic heterocycles. The van der Waals surface area contributed by atoms with Crippen molar-refractivity contribution >= 4 is 26.0 Å². The molecule has 2 rings (SSSR count). The first-order valence-corrected chi connectivity index (χ1v) is 9.40. The molecular formula is C13H22BrN3O3S. The van der Waals surface area contributed by atoms with Crippen LogP contribution >= 0.6 is 15.9 Å². The molecule has 1 saturated heterocycles. The van der Waals surface area contributed by atoms with Crippen molar-refractivity contribution in [3.8, 4) is 0 Å². The number of nitrogens with one attached hydrogen (secondary N) is 1. The van der Waals surface area contributed by atoms with Gasteiger partial charge in [-0.15, -0.1) is 0 Å². The van der Waals surface area contributed by atoms with Crippen LogP contribution in [0.25, 0.3) is 0 Å². The van der Waals surface area contributed by atoms with Crippen LogP contribution < -0.4 is 10.5 Å². The first-order chi connectivity index (χ1) is 9.92. The fourth-order valence-corrected chi connectivity index (χ4v) is 4.64. The summed E-state index contributed by atoms with van der Waals surface area (Å²) in [5.74, 6) is 0.699. The largest absolute Gasteiger partial charge is 0.452 e. The Bertz CT molecular complexity index is 567. The summed E-state index contributed by atoms with van der Waals surface area (Å²) in [5.41, 5.74) is 5.45. The zero-order chi connectivity index (χ0) is 15.5. The minimum Gasteiger partial charge on any atom is -0.452 e. The van der Waals surface area contributed by atoms with Gasteiger partial charge >= 0.3 is 0 Å². The van der Waals surface area contributed by atoms with E-state index in [1.165, 1.54) is 18.9 Å². The fourth-order valence-electron chi connectivity index (χ4n) is 2.48. The predicted octanol–water partition coefficient (Wildman–Crippen LogP) is 1.51. The molecule has 0 amide bonds. The van der Waals surface area contributed by atoms with E-state index in [2.05, 4.69) is 32.5 Å². The second kappa shape index (κ2) is 7.23. The van der Waals surface area contributed by atoms with E-state index in [1.807, 2.05) is 0 Å². The SMILES string of the molecule is CC(CNS(=O)(=O)c1cc(CN)oc1Br)CN1CCCC1. The predicted molar refractivity (Wildman–Crippen MR) is 84.3 cm³/mol. The summed E-state index contributed by atoms with van der Waals surface area (Å²) in [6.07, 6.45) is 2.48. The molecule has 1 unspecified atom stereocenters. The molecule has 0 aromatic carbocycles. The Hall–Kier alpha value is -0.410. The monoisotopic (exact) mass is 379 g/mol. The summed E-state index contributed by atoms with van der Waals surface area (Å²) < 4.78 is 32.6. The van der Waals surface area contributed by atoms with Crippen LogP contribution in [0.4, 0.5) is 0 Å². The molecule has 8 heteroatoms. The maximum absolute atomic E-state index is 12.3. The van der Waals surface area contributed by atoms with Gasteiger partial charge in [0.15, 0.2) is 4.67 Å². The molecule has 3 N–H and O–H groups in total. The lowest BCUT2D eigenvalue weighted by molar-refractivity contribution is 0.288. The van der Waals surface area contributed by atoms with E-state index in [-0.39, 0.29) is 22.0 Å². The van der Waals surface area contributed by atoms with Gasteiger partial charge in [0.2, 0.25) is 10.0 Å². The summed E-state index contributed by atoms with van der Waals surface area (Å²) in [4.78, 5) is 2.48. The normalized spacial score (nSPS) is 18.2. The summed E-state index contributed by atoms with van der Waals surface area (Å²) in [6.45, 7) is 5.78. The highest BCUT2D eigenvalue weighted by Crippen LogP contribution is 2.25. The Morgan fingerprint density at radius 1 is 1.48 bits per heavy atom. The lowest BCUT2D eigenvalue weighted by Crippen LogP contribution is -2.34. The Kier molecular flexibility index (Phi) is 5.84. The Balaban J connectivity index is 1.92. The van der Waals surface area contributed by atoms with Crippen LogP contribution in [0.15, 0.2) is 20.0 Å². The third kappa shape index (κ3) is 4.53. The van der Waals surface area contributed by atoms with Gasteiger partial charge in [0, 0.05) is 19.2 Å². The van der Waals surface area contributed by atoms with Crippen molar-refractivity contribution in [3.05, 3.63) is 16.5 Å². The minimum absolute atomic E-state index is 0.108. The van der Waals surface area contributed by atoms with Crippen LogP contribution in [0.5, 0.6) is 0 Å². The van der Waals surface area contributed by atoms with Crippen LogP contribution in [0, 0.1) is 5.92 Å². The number of hydrogen-bond donors (Lipinski definition) is 2. The maximum atomic E-state index is 12.3. The van der Waals surface area contributed by atoms with Crippen LogP contribution in [-0.4, -0.2) is 39.5 Å². The number of likely N-dealkylation sites (tertiary alicyclic amines) is 1. The van der Waals surface area contributed by atoms with Crippen molar-refractivity contribution in [2.24, 2.45) is 11.7 Å². The van der Waals surface area contributed by atoms with Gasteiger partial charge in [-0.2, -0.15) is 0 Å². The van der Waals surface area contributed by atoms with Crippen LogP contribution in [0.2, 0.25) is 0 Å². The van der Waals surface area contributed by atoms with Gasteiger partial charge in [-0.1, -0.05) is 6.92 Å². The van der Waals surface area contributed by atoms with Gasteiger partial charge in [-0.25, -0.2) is 13.1 Å². The number of hydrogen-bond acceptors (Lipinski definition) is 5. The minimum atomic E-state index is -3.57. The Morgan fingerprint density at radius 2 is 2.14 bits per heavy atom. The number of rotatable bonds is 7. The van der Waals surface area contributed by atoms with E-state index in [4.69, 9.17) is 10.2 Å². The van der Waals surface area contributed by atoms with E-state index in [0.29, 0.717) is 12.3 Å². The molecule has 1 atom stereocenters. The second-order valence-electron chi connectivity index (χ2n) is 5.52. The zero-order valence-corrected chi connectivity index (χ0v) is 14.5. The third-order valence-corrected chi connectivity index (χ3v) is 5.87. The first kappa shape index (κ1) is 17.0. The van der Waals surface area contributed by atoms with Gasteiger partial charge in [-0.05, 0) is 47.8 Å². The fraction of sp³-hybridized carbons (Fsp3) is 0.692. The van der Waals surface area contributed by atoms with Crippen LogP contribution in [0.1, 0.15) is 25.5 Å². The molecular weight excluding hydrogens is 358 g/mol. The Morgan fingerprint density at radius 3 is 2.71 bits per heavy atom. The lowest BCUT2D eigenvalue weighted by atomic mass is 10.2. The maximum Gasteiger partial charge on any atom is 0.244 e. The highest BCUT2D eigenvalue weighted by atomic mass is 79.9. The molecule has 0 spiro atoms. The molecule has 1 aliphatic rings. The van der Waals surface area contributed by atoms with Gasteiger partial charge in [-0.3, -0.25) is 0 Å². The van der Waals surface area contributed by atoms with E-state index in [9.17, 15) is 8.42 Å². The number of nitrogens with two attached hydrogens (primary N) is 1. The summed E-state index contributed by atoms with van der Waals surface area (Å²) in [5, 5.41) is 0. The molecule has 6 nitrogen and oxygen atoms in total. The Labute approximate surface area is 134 Å². The van der Waals surface area contributed by atoms with E-state index < -0.39 is 10.0 Å². The lowest BCUT2D eigenvalue weighted by Gasteiger charge is -2.20. The first-order valence-electron chi connectivity index (χ1n) is 7.12. The standard InChI is InChI=1S/C13H22BrN3O3S/c1-10(9-17-4-2-3-5-17)8-16-21(18,19)12-6-11(7-15)20-13(12)14/h6,10,16H,2-5,7-9,15H2,1H3. The van der Waals surface area contributed by atoms with Gasteiger partial charge < -0.3 is 15.1 Å². The van der Waals surface area contributed by atoms with Crippen molar-refractivity contribution in [2.45, 2.75) is 31.2 Å². The molecule has 1 aliphatic heterocycles. The second-order valence-corrected chi connectivity index (χ2v) is 7.98. The van der Waals surface area contributed by atoms with Crippen molar-refractivity contribution in [1.82, 2.24) is 9.62 Å². The van der Waals surface area contributed by atoms with Crippen molar-refractivity contribution in [1.29, 1.82) is 0 Å². The molecule has 2 heterocycles. The molecule has 21 heavy (non-hydrogen) atoms. The van der Waals surface area contributed by atoms with E-state index in [0.717, 1.165) is 19.6 Å². The van der Waals surface area contributed by atoms with Gasteiger partial charge in [0.1, 0.15) is 10.7 Å². The van der Waals surface area contributed by atoms with Gasteiger partial charge in [0.25, 0.3) is 0 Å². The quantitative estimate of drug-likeness (QED) is 0.749. The highest BCUT2D eigenvalue weighted by molar-refractivity contribution is 9.10. The number of nitrogens with zero attached hydrogens (tertiary/aromatic N) is 1. The molecule has 0 aliphatic carbocycles. The summed E-state index contributed by atoms with van der Waals surface area (Å²) in [7, 11) is -3.57. The highest BCUT2D eigenvalue weighted by Gasteiger charge is 2.23. The number of sulfonamides is 1. The topological polar surface area (TPSA) is 88.6 Å². The van der Waals surface area contributed by atoms with Gasteiger partial charge in [0.05, 0.1) is 6.54 Å². The molecule has 0 radical (unpaired) electrons.